The third kappa shape index (κ3) is 5.68. The van der Waals surface area contributed by atoms with Gasteiger partial charge in [0.1, 0.15) is 0 Å². The zero-order valence-electron chi connectivity index (χ0n) is 17.9. The first kappa shape index (κ1) is 21.5. The molecule has 1 unspecified atom stereocenters. The van der Waals surface area contributed by atoms with E-state index >= 15 is 0 Å². The van der Waals surface area contributed by atoms with Gasteiger partial charge in [-0.15, -0.1) is 0 Å². The lowest BCUT2D eigenvalue weighted by molar-refractivity contribution is 0.102. The SMILES string of the molecule is CCCCN(CCCC)CCCNC1c2ccccc2NC(=O)c2ccccc21. The standard InChI is InChI=1S/C25H35N3O/c1-3-5-17-28(18-6-4-2)19-11-16-26-24-20-12-7-8-13-21(20)25(29)27-23-15-10-9-14-22(23)24/h7-10,12-15,24,26H,3-6,11,16-19H2,1-2H3,(H,27,29). The molecule has 0 radical (unpaired) electrons. The Morgan fingerprint density at radius 3 is 2.21 bits per heavy atom. The third-order valence-electron chi connectivity index (χ3n) is 5.69. The molecule has 0 spiro atoms. The molecule has 0 fully saturated rings. The van der Waals surface area contributed by atoms with E-state index in [0.29, 0.717) is 0 Å². The van der Waals surface area contributed by atoms with Crippen LogP contribution in [0.2, 0.25) is 0 Å². The molecule has 0 saturated carbocycles. The van der Waals surface area contributed by atoms with Crippen molar-refractivity contribution in [1.82, 2.24) is 10.2 Å². The number of hydrogen-bond donors (Lipinski definition) is 2. The highest BCUT2D eigenvalue weighted by molar-refractivity contribution is 6.07. The smallest absolute Gasteiger partial charge is 0.256 e. The summed E-state index contributed by atoms with van der Waals surface area (Å²) in [5.74, 6) is -0.0253. The van der Waals surface area contributed by atoms with Gasteiger partial charge in [0.05, 0.1) is 6.04 Å². The number of hydrogen-bond acceptors (Lipinski definition) is 3. The molecule has 156 valence electrons. The predicted octanol–water partition coefficient (Wildman–Crippen LogP) is 5.22. The lowest BCUT2D eigenvalue weighted by atomic mass is 9.94. The second kappa shape index (κ2) is 11.1. The molecular formula is C25H35N3O. The number of nitrogens with zero attached hydrogens (tertiary/aromatic N) is 1. The van der Waals surface area contributed by atoms with Gasteiger partial charge in [0.2, 0.25) is 0 Å². The van der Waals surface area contributed by atoms with Crippen LogP contribution in [-0.2, 0) is 0 Å². The fourth-order valence-electron chi connectivity index (χ4n) is 4.04. The summed E-state index contributed by atoms with van der Waals surface area (Å²) in [4.78, 5) is 15.3. The second-order valence-electron chi connectivity index (χ2n) is 7.92. The molecule has 2 N–H and O–H groups in total. The number of carbonyl (C=O) groups excluding carboxylic acids is 1. The van der Waals surface area contributed by atoms with Crippen LogP contribution in [0.4, 0.5) is 5.69 Å². The molecule has 1 heterocycles. The van der Waals surface area contributed by atoms with Gasteiger partial charge in [0.15, 0.2) is 0 Å². The van der Waals surface area contributed by atoms with Crippen LogP contribution < -0.4 is 10.6 Å². The fraction of sp³-hybridized carbons (Fsp3) is 0.480. The van der Waals surface area contributed by atoms with Gasteiger partial charge in [-0.25, -0.2) is 0 Å². The number of nitrogens with one attached hydrogen (secondary N) is 2. The van der Waals surface area contributed by atoms with Gasteiger partial charge in [0, 0.05) is 11.3 Å². The van der Waals surface area contributed by atoms with Crippen LogP contribution in [0.1, 0.15) is 73.5 Å². The van der Waals surface area contributed by atoms with E-state index in [9.17, 15) is 4.79 Å². The van der Waals surface area contributed by atoms with Gasteiger partial charge in [-0.3, -0.25) is 4.79 Å². The Hall–Kier alpha value is -2.17. The van der Waals surface area contributed by atoms with E-state index in [1.54, 1.807) is 0 Å². The lowest BCUT2D eigenvalue weighted by Gasteiger charge is -2.24. The molecular weight excluding hydrogens is 358 g/mol. The molecule has 1 aliphatic rings. The van der Waals surface area contributed by atoms with E-state index in [1.165, 1.54) is 38.8 Å². The van der Waals surface area contributed by atoms with E-state index in [0.717, 1.165) is 41.9 Å². The van der Waals surface area contributed by atoms with Crippen molar-refractivity contribution in [3.8, 4) is 0 Å². The molecule has 4 heteroatoms. The van der Waals surface area contributed by atoms with E-state index < -0.39 is 0 Å². The number of fused-ring (bicyclic) bond motifs is 2. The summed E-state index contributed by atoms with van der Waals surface area (Å²) < 4.78 is 0. The number of anilines is 1. The topological polar surface area (TPSA) is 44.4 Å². The molecule has 4 nitrogen and oxygen atoms in total. The maximum Gasteiger partial charge on any atom is 0.256 e. The minimum atomic E-state index is -0.0253. The number of benzene rings is 2. The summed E-state index contributed by atoms with van der Waals surface area (Å²) in [5, 5.41) is 6.82. The van der Waals surface area contributed by atoms with E-state index in [2.05, 4.69) is 41.5 Å². The monoisotopic (exact) mass is 393 g/mol. The molecule has 1 atom stereocenters. The largest absolute Gasteiger partial charge is 0.322 e. The average Bonchev–Trinajstić information content (AvgIpc) is 2.87. The molecule has 0 aromatic heterocycles. The molecule has 0 bridgehead atoms. The number of para-hydroxylation sites is 1. The van der Waals surface area contributed by atoms with Crippen molar-refractivity contribution in [2.24, 2.45) is 0 Å². The maximum atomic E-state index is 12.7. The quantitative estimate of drug-likeness (QED) is 0.514. The van der Waals surface area contributed by atoms with Crippen LogP contribution in [0.3, 0.4) is 0 Å². The van der Waals surface area contributed by atoms with Crippen molar-refractivity contribution < 1.29 is 4.79 Å². The summed E-state index contributed by atoms with van der Waals surface area (Å²) in [6.45, 7) is 8.97. The zero-order chi connectivity index (χ0) is 20.5. The molecule has 3 rings (SSSR count). The Balaban J connectivity index is 1.68. The van der Waals surface area contributed by atoms with Crippen LogP contribution in [-0.4, -0.2) is 37.0 Å². The summed E-state index contributed by atoms with van der Waals surface area (Å²) in [6, 6.07) is 16.1. The molecule has 2 aromatic carbocycles. The highest BCUT2D eigenvalue weighted by atomic mass is 16.1. The van der Waals surface area contributed by atoms with Crippen LogP contribution in [0, 0.1) is 0 Å². The number of rotatable bonds is 11. The van der Waals surface area contributed by atoms with Crippen molar-refractivity contribution in [1.29, 1.82) is 0 Å². The van der Waals surface area contributed by atoms with Gasteiger partial charge in [-0.05, 0) is 68.7 Å². The Morgan fingerprint density at radius 2 is 1.48 bits per heavy atom. The number of carbonyl (C=O) groups is 1. The lowest BCUT2D eigenvalue weighted by Crippen LogP contribution is -2.31. The molecule has 0 saturated heterocycles. The highest BCUT2D eigenvalue weighted by Gasteiger charge is 2.26. The first-order valence-corrected chi connectivity index (χ1v) is 11.2. The van der Waals surface area contributed by atoms with Crippen molar-refractivity contribution >= 4 is 11.6 Å². The minimum absolute atomic E-state index is 0.0253. The van der Waals surface area contributed by atoms with Crippen molar-refractivity contribution in [3.63, 3.8) is 0 Å². The summed E-state index contributed by atoms with van der Waals surface area (Å²) in [7, 11) is 0. The van der Waals surface area contributed by atoms with Crippen molar-refractivity contribution in [3.05, 3.63) is 65.2 Å². The van der Waals surface area contributed by atoms with E-state index in [4.69, 9.17) is 0 Å². The Morgan fingerprint density at radius 1 is 0.862 bits per heavy atom. The Kier molecular flexibility index (Phi) is 8.26. The van der Waals surface area contributed by atoms with Gasteiger partial charge in [0.25, 0.3) is 5.91 Å². The first-order valence-electron chi connectivity index (χ1n) is 11.2. The molecule has 1 aliphatic heterocycles. The van der Waals surface area contributed by atoms with E-state index in [-0.39, 0.29) is 11.9 Å². The number of unbranched alkanes of at least 4 members (excludes halogenated alkanes) is 2. The second-order valence-corrected chi connectivity index (χ2v) is 7.92. The van der Waals surface area contributed by atoms with Gasteiger partial charge in [-0.2, -0.15) is 0 Å². The summed E-state index contributed by atoms with van der Waals surface area (Å²) >= 11 is 0. The summed E-state index contributed by atoms with van der Waals surface area (Å²) in [5.41, 5.74) is 3.86. The average molecular weight is 394 g/mol. The third-order valence-corrected chi connectivity index (χ3v) is 5.69. The fourth-order valence-corrected chi connectivity index (χ4v) is 4.04. The van der Waals surface area contributed by atoms with Crippen LogP contribution in [0.5, 0.6) is 0 Å². The first-order chi connectivity index (χ1) is 14.2. The van der Waals surface area contributed by atoms with Crippen LogP contribution >= 0.6 is 0 Å². The van der Waals surface area contributed by atoms with Gasteiger partial charge in [-0.1, -0.05) is 63.1 Å². The van der Waals surface area contributed by atoms with Crippen LogP contribution in [0.25, 0.3) is 0 Å². The minimum Gasteiger partial charge on any atom is -0.322 e. The van der Waals surface area contributed by atoms with E-state index in [1.807, 2.05) is 36.4 Å². The zero-order valence-corrected chi connectivity index (χ0v) is 17.9. The molecule has 2 aromatic rings. The Bertz CT molecular complexity index is 781. The van der Waals surface area contributed by atoms with Gasteiger partial charge >= 0.3 is 0 Å². The molecule has 1 amide bonds. The van der Waals surface area contributed by atoms with Crippen molar-refractivity contribution in [2.75, 3.05) is 31.5 Å². The van der Waals surface area contributed by atoms with Crippen molar-refractivity contribution in [2.45, 2.75) is 52.0 Å². The molecule has 29 heavy (non-hydrogen) atoms. The summed E-state index contributed by atoms with van der Waals surface area (Å²) in [6.07, 6.45) is 6.15. The molecule has 0 aliphatic carbocycles. The Labute approximate surface area is 175 Å². The highest BCUT2D eigenvalue weighted by Crippen LogP contribution is 2.33. The normalized spacial score (nSPS) is 15.6. The van der Waals surface area contributed by atoms with Crippen LogP contribution in [0.15, 0.2) is 48.5 Å². The predicted molar refractivity (Wildman–Crippen MR) is 122 cm³/mol. The number of amides is 1. The van der Waals surface area contributed by atoms with Gasteiger partial charge < -0.3 is 15.5 Å². The maximum absolute atomic E-state index is 12.7.